The summed E-state index contributed by atoms with van der Waals surface area (Å²) in [6, 6.07) is 11.9. The van der Waals surface area contributed by atoms with Gasteiger partial charge in [-0.2, -0.15) is 3.71 Å². The van der Waals surface area contributed by atoms with Crippen molar-refractivity contribution in [3.05, 3.63) is 72.2 Å². The highest BCUT2D eigenvalue weighted by Gasteiger charge is 2.27. The summed E-state index contributed by atoms with van der Waals surface area (Å²) in [6.45, 7) is 0. The number of aromatic nitrogens is 3. The summed E-state index contributed by atoms with van der Waals surface area (Å²) in [4.78, 5) is 8.82. The molecule has 0 amide bonds. The third-order valence-electron chi connectivity index (χ3n) is 5.81. The molecule has 0 saturated carbocycles. The van der Waals surface area contributed by atoms with Gasteiger partial charge >= 0.3 is 0 Å². The van der Waals surface area contributed by atoms with Crippen molar-refractivity contribution in [1.82, 2.24) is 14.4 Å². The summed E-state index contributed by atoms with van der Waals surface area (Å²) in [5.41, 5.74) is 5.26. The van der Waals surface area contributed by atoms with Crippen LogP contribution in [0.15, 0.2) is 66.2 Å². The maximum Gasteiger partial charge on any atom is 0.245 e. The molecular weight excluding hydrogens is 504 g/mol. The van der Waals surface area contributed by atoms with E-state index in [-0.39, 0.29) is 5.69 Å². The van der Waals surface area contributed by atoms with Crippen LogP contribution in [0.25, 0.3) is 16.9 Å². The average molecular weight is 527 g/mol. The third kappa shape index (κ3) is 4.27. The van der Waals surface area contributed by atoms with Crippen LogP contribution in [0.3, 0.4) is 0 Å². The first-order chi connectivity index (χ1) is 17.1. The molecule has 36 heavy (non-hydrogen) atoms. The van der Waals surface area contributed by atoms with Crippen LogP contribution in [0.2, 0.25) is 0 Å². The molecule has 0 spiro atoms. The van der Waals surface area contributed by atoms with Crippen LogP contribution in [0, 0.1) is 0 Å². The number of benzene rings is 2. The van der Waals surface area contributed by atoms with Crippen molar-refractivity contribution in [2.24, 2.45) is 5.16 Å². The molecule has 2 aromatic heterocycles. The van der Waals surface area contributed by atoms with Crippen molar-refractivity contribution in [1.29, 1.82) is 0 Å². The van der Waals surface area contributed by atoms with Gasteiger partial charge in [-0.25, -0.2) is 21.8 Å². The molecule has 0 unspecified atom stereocenters. The minimum atomic E-state index is -4.05. The molecule has 11 nitrogen and oxygen atoms in total. The number of hydrogen-bond acceptors (Lipinski definition) is 9. The predicted molar refractivity (Wildman–Crippen MR) is 137 cm³/mol. The Balaban J connectivity index is 1.57. The molecule has 0 bridgehead atoms. The van der Waals surface area contributed by atoms with E-state index in [9.17, 15) is 22.0 Å². The Hall–Kier alpha value is -3.97. The van der Waals surface area contributed by atoms with Crippen molar-refractivity contribution in [3.8, 4) is 11.3 Å². The van der Waals surface area contributed by atoms with Crippen LogP contribution in [-0.4, -0.2) is 54.6 Å². The van der Waals surface area contributed by atoms with E-state index in [4.69, 9.17) is 0 Å². The number of aryl methyl sites for hydroxylation is 1. The fourth-order valence-electron chi connectivity index (χ4n) is 4.39. The lowest BCUT2D eigenvalue weighted by Gasteiger charge is -2.19. The van der Waals surface area contributed by atoms with Gasteiger partial charge in [-0.05, 0) is 42.7 Å². The zero-order valence-corrected chi connectivity index (χ0v) is 21.0. The summed E-state index contributed by atoms with van der Waals surface area (Å²) in [7, 11) is -8.11. The smallest absolute Gasteiger partial charge is 0.245 e. The van der Waals surface area contributed by atoms with E-state index in [1.165, 1.54) is 12.1 Å². The molecule has 4 aromatic rings. The van der Waals surface area contributed by atoms with Crippen molar-refractivity contribution >= 4 is 48.6 Å². The normalized spacial score (nSPS) is 14.8. The summed E-state index contributed by atoms with van der Waals surface area (Å²) in [6.07, 6.45) is 8.14. The molecule has 1 aliphatic carbocycles. The molecule has 2 N–H and O–H groups in total. The summed E-state index contributed by atoms with van der Waals surface area (Å²) in [5, 5.41) is 16.0. The van der Waals surface area contributed by atoms with E-state index in [1.807, 2.05) is 22.6 Å². The monoisotopic (exact) mass is 526 g/mol. The molecular formula is C23H22N6O5S2. The van der Waals surface area contributed by atoms with E-state index < -0.39 is 20.0 Å². The Morgan fingerprint density at radius 2 is 1.75 bits per heavy atom. The van der Waals surface area contributed by atoms with Gasteiger partial charge < -0.3 is 10.5 Å². The number of nitrogens with zero attached hydrogens (tertiary/aromatic N) is 5. The predicted octanol–water partition coefficient (Wildman–Crippen LogP) is 2.99. The van der Waals surface area contributed by atoms with Gasteiger partial charge in [-0.15, -0.1) is 0 Å². The number of nitrogens with one attached hydrogen (secondary N) is 1. The van der Waals surface area contributed by atoms with Crippen LogP contribution in [0.1, 0.15) is 17.5 Å². The molecule has 0 radical (unpaired) electrons. The number of oxime groups is 1. The number of rotatable bonds is 6. The first-order valence-electron chi connectivity index (χ1n) is 10.8. The van der Waals surface area contributed by atoms with Crippen LogP contribution in [0.4, 0.5) is 17.2 Å². The molecule has 0 atom stereocenters. The fourth-order valence-corrected chi connectivity index (χ4v) is 7.36. The Morgan fingerprint density at radius 3 is 2.42 bits per heavy atom. The van der Waals surface area contributed by atoms with E-state index in [0.717, 1.165) is 35.7 Å². The molecule has 2 heterocycles. The van der Waals surface area contributed by atoms with Crippen LogP contribution >= 0.6 is 0 Å². The maximum absolute atomic E-state index is 12.1. The number of sulfonamides is 2. The van der Waals surface area contributed by atoms with Gasteiger partial charge in [0.15, 0.2) is 5.65 Å². The Morgan fingerprint density at radius 1 is 1.03 bits per heavy atom. The molecule has 0 fully saturated rings. The zero-order chi connectivity index (χ0) is 25.7. The fraction of sp³-hybridized carbons (Fsp3) is 0.174. The van der Waals surface area contributed by atoms with Gasteiger partial charge in [0.1, 0.15) is 11.5 Å². The average Bonchev–Trinajstić information content (AvgIpc) is 3.39. The van der Waals surface area contributed by atoms with E-state index in [0.29, 0.717) is 38.6 Å². The second-order valence-electron chi connectivity index (χ2n) is 8.43. The zero-order valence-electron chi connectivity index (χ0n) is 19.3. The van der Waals surface area contributed by atoms with Crippen molar-refractivity contribution in [2.75, 3.05) is 21.5 Å². The largest absolute Gasteiger partial charge is 0.411 e. The lowest BCUT2D eigenvalue weighted by molar-refractivity contribution is 0.318. The number of imidazole rings is 1. The Kier molecular flexibility index (Phi) is 5.68. The van der Waals surface area contributed by atoms with Gasteiger partial charge in [-0.3, -0.25) is 9.38 Å². The van der Waals surface area contributed by atoms with E-state index >= 15 is 0 Å². The van der Waals surface area contributed by atoms with Crippen LogP contribution in [0.5, 0.6) is 0 Å². The highest BCUT2D eigenvalue weighted by molar-refractivity contribution is 8.09. The maximum atomic E-state index is 12.1. The van der Waals surface area contributed by atoms with Gasteiger partial charge in [0, 0.05) is 29.2 Å². The third-order valence-corrected chi connectivity index (χ3v) is 9.07. The first kappa shape index (κ1) is 23.8. The highest BCUT2D eigenvalue weighted by atomic mass is 32.3. The lowest BCUT2D eigenvalue weighted by atomic mass is 10.1. The highest BCUT2D eigenvalue weighted by Crippen LogP contribution is 2.34. The molecule has 2 aromatic carbocycles. The van der Waals surface area contributed by atoms with Crippen LogP contribution in [-0.2, 0) is 26.5 Å². The van der Waals surface area contributed by atoms with Gasteiger partial charge in [0.05, 0.1) is 30.1 Å². The van der Waals surface area contributed by atoms with E-state index in [2.05, 4.69) is 20.4 Å². The second kappa shape index (κ2) is 8.60. The first-order valence-corrected chi connectivity index (χ1v) is 14.5. The summed E-state index contributed by atoms with van der Waals surface area (Å²) in [5.74, 6) is 0.650. The summed E-state index contributed by atoms with van der Waals surface area (Å²) >= 11 is 0. The molecule has 186 valence electrons. The van der Waals surface area contributed by atoms with Crippen LogP contribution < -0.4 is 9.03 Å². The number of fused-ring (bicyclic) bond motifs is 2. The van der Waals surface area contributed by atoms with Gasteiger partial charge in [0.25, 0.3) is 0 Å². The molecule has 0 saturated heterocycles. The second-order valence-corrected chi connectivity index (χ2v) is 12.3. The number of hydrogen-bond donors (Lipinski definition) is 2. The molecule has 1 aliphatic rings. The Labute approximate surface area is 207 Å². The molecule has 0 aliphatic heterocycles. The topological polar surface area (TPSA) is 146 Å². The minimum absolute atomic E-state index is 0.00339. The number of anilines is 3. The Bertz CT molecular complexity index is 1700. The minimum Gasteiger partial charge on any atom is -0.411 e. The van der Waals surface area contributed by atoms with Crippen molar-refractivity contribution in [2.45, 2.75) is 12.8 Å². The standard InChI is InChI=1S/C23H22N6O5S2/c1-35(31,32)29(36(2,33)34)18-7-3-15(4-8-18)22-23(28-12-11-24-14-21(28)26-22)25-17-6-9-19-16(13-17)5-10-20(19)27-30/h3-4,6-9,11-14,25,30H,5,10H2,1-2H3/b27-20+. The lowest BCUT2D eigenvalue weighted by Crippen LogP contribution is -2.35. The van der Waals surface area contributed by atoms with E-state index in [1.54, 1.807) is 30.7 Å². The molecule has 5 rings (SSSR count). The molecule has 13 heteroatoms. The van der Waals surface area contributed by atoms with Crippen molar-refractivity contribution < 1.29 is 22.0 Å². The summed E-state index contributed by atoms with van der Waals surface area (Å²) < 4.78 is 50.7. The van der Waals surface area contributed by atoms with Gasteiger partial charge in [0.2, 0.25) is 20.0 Å². The van der Waals surface area contributed by atoms with Gasteiger partial charge in [-0.1, -0.05) is 23.4 Å². The quantitative estimate of drug-likeness (QED) is 0.288. The van der Waals surface area contributed by atoms with Crippen molar-refractivity contribution in [3.63, 3.8) is 0 Å². The SMILES string of the molecule is CS(=O)(=O)N(c1ccc(-c2nc3cnccn3c2Nc2ccc3c(c2)CC/C3=N\O)cc1)S(C)(=O)=O.